The molecule has 0 radical (unpaired) electrons. The molecule has 2 amide bonds. The number of carbonyl (C=O) groups is 3. The monoisotopic (exact) mass is 461 g/mol. The Kier molecular flexibility index (Phi) is 9.90. The summed E-state index contributed by atoms with van der Waals surface area (Å²) in [5.74, 6) is -0.354. The van der Waals surface area contributed by atoms with Crippen LogP contribution in [0.4, 0.5) is 5.69 Å². The van der Waals surface area contributed by atoms with E-state index in [2.05, 4.69) is 23.3 Å². The molecule has 0 heterocycles. The third-order valence-electron chi connectivity index (χ3n) is 4.55. The van der Waals surface area contributed by atoms with Crippen molar-refractivity contribution in [1.82, 2.24) is 5.32 Å². The molecule has 0 aliphatic carbocycles. The number of hydrogen-bond donors (Lipinski definition) is 4. The molecule has 0 unspecified atom stereocenters. The van der Waals surface area contributed by atoms with Crippen molar-refractivity contribution < 1.29 is 19.1 Å². The summed E-state index contributed by atoms with van der Waals surface area (Å²) < 4.78 is 4.83. The average Bonchev–Trinajstić information content (AvgIpc) is 2.80. The van der Waals surface area contributed by atoms with Gasteiger partial charge in [-0.25, -0.2) is 4.79 Å². The number of thioether (sulfide) groups is 1. The molecular formula is C22H27N3O4S2. The molecule has 0 fully saturated rings. The summed E-state index contributed by atoms with van der Waals surface area (Å²) in [6, 6.07) is 12.8. The lowest BCUT2D eigenvalue weighted by molar-refractivity contribution is -0.142. The summed E-state index contributed by atoms with van der Waals surface area (Å²) in [5, 5.41) is 5.52. The molecule has 0 aliphatic rings. The lowest BCUT2D eigenvalue weighted by Crippen LogP contribution is -2.42. The van der Waals surface area contributed by atoms with Crippen molar-refractivity contribution in [3.63, 3.8) is 0 Å². The smallest absolute Gasteiger partial charge is 0.328 e. The molecule has 0 aromatic heterocycles. The Morgan fingerprint density at radius 1 is 1.16 bits per heavy atom. The van der Waals surface area contributed by atoms with Crippen LogP contribution in [0.25, 0.3) is 11.1 Å². The highest BCUT2D eigenvalue weighted by Gasteiger charge is 2.23. The third-order valence-corrected chi connectivity index (χ3v) is 5.59. The van der Waals surface area contributed by atoms with Gasteiger partial charge in [-0.05, 0) is 47.8 Å². The van der Waals surface area contributed by atoms with Crippen LogP contribution in [0.3, 0.4) is 0 Å². The summed E-state index contributed by atoms with van der Waals surface area (Å²) in [7, 11) is 1.29. The van der Waals surface area contributed by atoms with E-state index in [0.717, 1.165) is 5.56 Å². The van der Waals surface area contributed by atoms with Gasteiger partial charge >= 0.3 is 5.97 Å². The Morgan fingerprint density at radius 3 is 2.48 bits per heavy atom. The van der Waals surface area contributed by atoms with Gasteiger partial charge in [0.2, 0.25) is 5.91 Å². The van der Waals surface area contributed by atoms with E-state index in [-0.39, 0.29) is 11.7 Å². The minimum Gasteiger partial charge on any atom is -0.467 e. The molecule has 166 valence electrons. The molecule has 7 nitrogen and oxygen atoms in total. The van der Waals surface area contributed by atoms with Gasteiger partial charge in [0.05, 0.1) is 13.2 Å². The number of amides is 2. The van der Waals surface area contributed by atoms with Gasteiger partial charge in [-0.3, -0.25) is 9.59 Å². The summed E-state index contributed by atoms with van der Waals surface area (Å²) in [6.45, 7) is 0. The second-order valence-corrected chi connectivity index (χ2v) is 8.09. The molecule has 0 saturated heterocycles. The molecule has 0 aliphatic heterocycles. The minimum atomic E-state index is -0.749. The highest BCUT2D eigenvalue weighted by atomic mass is 32.2. The highest BCUT2D eigenvalue weighted by Crippen LogP contribution is 2.27. The number of esters is 1. The Bertz CT molecular complexity index is 909. The van der Waals surface area contributed by atoms with Gasteiger partial charge in [0.25, 0.3) is 5.91 Å². The number of benzene rings is 2. The molecule has 2 atom stereocenters. The van der Waals surface area contributed by atoms with Crippen LogP contribution in [0.5, 0.6) is 0 Å². The van der Waals surface area contributed by atoms with E-state index < -0.39 is 24.0 Å². The van der Waals surface area contributed by atoms with Gasteiger partial charge in [0.1, 0.15) is 6.04 Å². The number of hydrogen-bond acceptors (Lipinski definition) is 7. The molecule has 2 rings (SSSR count). The molecule has 31 heavy (non-hydrogen) atoms. The highest BCUT2D eigenvalue weighted by molar-refractivity contribution is 7.98. The van der Waals surface area contributed by atoms with Gasteiger partial charge in [-0.2, -0.15) is 24.4 Å². The van der Waals surface area contributed by atoms with Crippen molar-refractivity contribution in [2.45, 2.75) is 18.5 Å². The van der Waals surface area contributed by atoms with Crippen LogP contribution in [0.15, 0.2) is 48.5 Å². The van der Waals surface area contributed by atoms with Crippen LogP contribution in [-0.4, -0.2) is 54.7 Å². The fourth-order valence-corrected chi connectivity index (χ4v) is 3.49. The van der Waals surface area contributed by atoms with Crippen molar-refractivity contribution in [1.29, 1.82) is 0 Å². The van der Waals surface area contributed by atoms with Crippen LogP contribution in [0, 0.1) is 0 Å². The van der Waals surface area contributed by atoms with Crippen LogP contribution in [0.1, 0.15) is 16.8 Å². The maximum atomic E-state index is 13.1. The second-order valence-electron chi connectivity index (χ2n) is 6.74. The number of rotatable bonds is 10. The Hall–Kier alpha value is -2.49. The zero-order valence-corrected chi connectivity index (χ0v) is 19.2. The molecule has 2 aromatic rings. The van der Waals surface area contributed by atoms with Gasteiger partial charge in [-0.15, -0.1) is 0 Å². The maximum absolute atomic E-state index is 13.1. The van der Waals surface area contributed by atoms with E-state index >= 15 is 0 Å². The fraction of sp³-hybridized carbons (Fsp3) is 0.318. The Labute approximate surface area is 191 Å². The lowest BCUT2D eigenvalue weighted by Gasteiger charge is -2.18. The number of carbonyl (C=O) groups excluding carboxylic acids is 3. The predicted octanol–water partition coefficient (Wildman–Crippen LogP) is 2.57. The standard InChI is InChI=1S/C22H27N3O4S2/c1-29-22(28)19(10-11-31-2)25-20(26)16-9-8-15(24-21(27)18(23)13-30)12-17(16)14-6-4-3-5-7-14/h3-9,12,18-19,30H,10-11,13,23H2,1-2H3,(H,24,27)(H,25,26)/t18-,19-/m0/s1. The van der Waals surface area contributed by atoms with E-state index in [1.54, 1.807) is 30.0 Å². The first-order chi connectivity index (χ1) is 14.9. The van der Waals surface area contributed by atoms with Crippen LogP contribution < -0.4 is 16.4 Å². The minimum absolute atomic E-state index is 0.211. The van der Waals surface area contributed by atoms with Crippen LogP contribution in [0.2, 0.25) is 0 Å². The van der Waals surface area contributed by atoms with Gasteiger partial charge in [0.15, 0.2) is 0 Å². The van der Waals surface area contributed by atoms with Crippen molar-refractivity contribution in [3.05, 3.63) is 54.1 Å². The number of anilines is 1. The lowest BCUT2D eigenvalue weighted by atomic mass is 9.98. The molecule has 0 saturated carbocycles. The van der Waals surface area contributed by atoms with Gasteiger partial charge in [0, 0.05) is 17.0 Å². The first-order valence-corrected chi connectivity index (χ1v) is 11.7. The molecule has 4 N–H and O–H groups in total. The summed E-state index contributed by atoms with van der Waals surface area (Å²) in [6.07, 6.45) is 2.38. The fourth-order valence-electron chi connectivity index (χ4n) is 2.86. The van der Waals surface area contributed by atoms with E-state index in [4.69, 9.17) is 10.5 Å². The second kappa shape index (κ2) is 12.4. The SMILES string of the molecule is COC(=O)[C@H](CCSC)NC(=O)c1ccc(NC(=O)[C@@H](N)CS)cc1-c1ccccc1. The van der Waals surface area contributed by atoms with Crippen molar-refractivity contribution >= 4 is 47.9 Å². The van der Waals surface area contributed by atoms with Gasteiger partial charge in [-0.1, -0.05) is 30.3 Å². The normalized spacial score (nSPS) is 12.5. The van der Waals surface area contributed by atoms with E-state index in [1.165, 1.54) is 7.11 Å². The number of nitrogens with one attached hydrogen (secondary N) is 2. The molecule has 2 aromatic carbocycles. The Balaban J connectivity index is 2.37. The van der Waals surface area contributed by atoms with Crippen molar-refractivity contribution in [2.75, 3.05) is 30.2 Å². The topological polar surface area (TPSA) is 111 Å². The molecule has 9 heteroatoms. The zero-order chi connectivity index (χ0) is 22.8. The van der Waals surface area contributed by atoms with E-state index in [0.29, 0.717) is 29.0 Å². The number of ether oxygens (including phenoxy) is 1. The average molecular weight is 462 g/mol. The largest absolute Gasteiger partial charge is 0.467 e. The quantitative estimate of drug-likeness (QED) is 0.320. The van der Waals surface area contributed by atoms with Crippen molar-refractivity contribution in [3.8, 4) is 11.1 Å². The molecule has 0 spiro atoms. The first kappa shape index (κ1) is 24.8. The van der Waals surface area contributed by atoms with Gasteiger partial charge < -0.3 is 21.1 Å². The number of thiol groups is 1. The summed E-state index contributed by atoms with van der Waals surface area (Å²) in [4.78, 5) is 37.3. The van der Waals surface area contributed by atoms with Crippen LogP contribution in [-0.2, 0) is 14.3 Å². The number of methoxy groups -OCH3 is 1. The van der Waals surface area contributed by atoms with E-state index in [9.17, 15) is 14.4 Å². The zero-order valence-electron chi connectivity index (χ0n) is 17.5. The third kappa shape index (κ3) is 7.02. The summed E-state index contributed by atoms with van der Waals surface area (Å²) >= 11 is 5.62. The van der Waals surface area contributed by atoms with Crippen LogP contribution >= 0.6 is 24.4 Å². The van der Waals surface area contributed by atoms with Crippen molar-refractivity contribution in [2.24, 2.45) is 5.73 Å². The molecule has 0 bridgehead atoms. The Morgan fingerprint density at radius 2 is 1.87 bits per heavy atom. The number of nitrogens with two attached hydrogens (primary N) is 1. The molecular weight excluding hydrogens is 434 g/mol. The maximum Gasteiger partial charge on any atom is 0.328 e. The first-order valence-electron chi connectivity index (χ1n) is 9.65. The van der Waals surface area contributed by atoms with E-state index in [1.807, 2.05) is 36.6 Å². The summed E-state index contributed by atoms with van der Waals surface area (Å²) in [5.41, 5.74) is 8.02. The predicted molar refractivity (Wildman–Crippen MR) is 129 cm³/mol.